The van der Waals surface area contributed by atoms with Gasteiger partial charge in [-0.25, -0.2) is 0 Å². The summed E-state index contributed by atoms with van der Waals surface area (Å²) in [6, 6.07) is 6.10. The van der Waals surface area contributed by atoms with Gasteiger partial charge in [0.15, 0.2) is 0 Å². The van der Waals surface area contributed by atoms with Gasteiger partial charge in [-0.3, -0.25) is 4.79 Å². The smallest absolute Gasteiger partial charge is 0.387 e. The molecule has 0 bridgehead atoms. The molecule has 98 valence electrons. The summed E-state index contributed by atoms with van der Waals surface area (Å²) in [7, 11) is 0. The summed E-state index contributed by atoms with van der Waals surface area (Å²) in [4.78, 5) is 11.5. The molecule has 1 atom stereocenters. The van der Waals surface area contributed by atoms with Crippen molar-refractivity contribution in [1.82, 2.24) is 0 Å². The van der Waals surface area contributed by atoms with Crippen LogP contribution in [0.25, 0.3) is 0 Å². The Morgan fingerprint density at radius 1 is 1.39 bits per heavy atom. The summed E-state index contributed by atoms with van der Waals surface area (Å²) in [6.07, 6.45) is 0.416. The molecule has 1 fully saturated rings. The van der Waals surface area contributed by atoms with Gasteiger partial charge in [-0.1, -0.05) is 32.0 Å². The number of carbonyl (C=O) groups is 1. The molecule has 18 heavy (non-hydrogen) atoms. The van der Waals surface area contributed by atoms with Gasteiger partial charge in [0, 0.05) is 5.56 Å². The van der Waals surface area contributed by atoms with Crippen LogP contribution in [0.4, 0.5) is 8.78 Å². The van der Waals surface area contributed by atoms with E-state index in [0.717, 1.165) is 0 Å². The van der Waals surface area contributed by atoms with Crippen molar-refractivity contribution >= 4 is 5.97 Å². The molecular formula is C13H14F2O3. The fourth-order valence-electron chi connectivity index (χ4n) is 2.58. The average Bonchev–Trinajstić information content (AvgIpc) is 2.83. The minimum absolute atomic E-state index is 0.0551. The number of aliphatic carboxylic acids is 1. The van der Waals surface area contributed by atoms with E-state index in [9.17, 15) is 18.7 Å². The molecule has 5 heteroatoms. The zero-order valence-electron chi connectivity index (χ0n) is 10.1. The molecule has 1 aliphatic rings. The number of para-hydroxylation sites is 1. The van der Waals surface area contributed by atoms with Gasteiger partial charge in [-0.2, -0.15) is 8.78 Å². The van der Waals surface area contributed by atoms with Crippen LogP contribution in [0.3, 0.4) is 0 Å². The van der Waals surface area contributed by atoms with Gasteiger partial charge >= 0.3 is 12.6 Å². The highest BCUT2D eigenvalue weighted by Gasteiger charge is 2.68. The van der Waals surface area contributed by atoms with E-state index in [0.29, 0.717) is 12.0 Å². The summed E-state index contributed by atoms with van der Waals surface area (Å²) < 4.78 is 29.1. The van der Waals surface area contributed by atoms with Crippen molar-refractivity contribution in [3.63, 3.8) is 0 Å². The van der Waals surface area contributed by atoms with Gasteiger partial charge in [-0.05, 0) is 17.9 Å². The molecule has 1 saturated carbocycles. The second kappa shape index (κ2) is 3.93. The van der Waals surface area contributed by atoms with Crippen LogP contribution in [0.2, 0.25) is 0 Å². The quantitative estimate of drug-likeness (QED) is 0.900. The van der Waals surface area contributed by atoms with Gasteiger partial charge in [0.25, 0.3) is 0 Å². The Morgan fingerprint density at radius 2 is 1.94 bits per heavy atom. The van der Waals surface area contributed by atoms with Crippen molar-refractivity contribution in [2.45, 2.75) is 32.3 Å². The summed E-state index contributed by atoms with van der Waals surface area (Å²) in [5, 5.41) is 9.41. The molecule has 1 aromatic rings. The largest absolute Gasteiger partial charge is 0.481 e. The van der Waals surface area contributed by atoms with Crippen molar-refractivity contribution in [3.05, 3.63) is 29.8 Å². The molecule has 0 aliphatic heterocycles. The van der Waals surface area contributed by atoms with E-state index in [1.165, 1.54) is 6.07 Å². The normalized spacial score (nSPS) is 24.9. The van der Waals surface area contributed by atoms with Crippen molar-refractivity contribution in [3.8, 4) is 5.75 Å². The van der Waals surface area contributed by atoms with E-state index in [1.54, 1.807) is 32.0 Å². The maximum Gasteiger partial charge on any atom is 0.387 e. The van der Waals surface area contributed by atoms with Gasteiger partial charge in [0.1, 0.15) is 11.2 Å². The molecule has 3 nitrogen and oxygen atoms in total. The topological polar surface area (TPSA) is 46.5 Å². The standard InChI is InChI=1S/C13H14F2O3/c1-12(2)7-13(12,10(16)17)8-5-3-4-6-9(8)18-11(14)15/h3-6,11H,7H2,1-2H3,(H,16,17). The number of carboxylic acid groups (broad SMARTS) is 1. The zero-order valence-corrected chi connectivity index (χ0v) is 10.1. The molecule has 1 aromatic carbocycles. The second-order valence-corrected chi connectivity index (χ2v) is 5.15. The molecule has 1 unspecified atom stereocenters. The highest BCUT2D eigenvalue weighted by atomic mass is 19.3. The number of benzene rings is 1. The Bertz CT molecular complexity index is 485. The molecule has 1 N–H and O–H groups in total. The lowest BCUT2D eigenvalue weighted by Gasteiger charge is -2.19. The Balaban J connectivity index is 2.48. The molecule has 0 aromatic heterocycles. The minimum Gasteiger partial charge on any atom is -0.481 e. The van der Waals surface area contributed by atoms with Crippen LogP contribution in [-0.4, -0.2) is 17.7 Å². The predicted molar refractivity (Wildman–Crippen MR) is 60.8 cm³/mol. The monoisotopic (exact) mass is 256 g/mol. The van der Waals surface area contributed by atoms with Crippen LogP contribution < -0.4 is 4.74 Å². The Morgan fingerprint density at radius 3 is 2.39 bits per heavy atom. The van der Waals surface area contributed by atoms with Crippen molar-refractivity contribution < 1.29 is 23.4 Å². The highest BCUT2D eigenvalue weighted by Crippen LogP contribution is 2.65. The van der Waals surface area contributed by atoms with Crippen LogP contribution in [-0.2, 0) is 10.2 Å². The maximum absolute atomic E-state index is 12.3. The first-order valence-corrected chi connectivity index (χ1v) is 5.59. The van der Waals surface area contributed by atoms with Gasteiger partial charge in [0.05, 0.1) is 0 Å². The predicted octanol–water partition coefficient (Wildman–Crippen LogP) is 3.04. The molecule has 0 radical (unpaired) electrons. The highest BCUT2D eigenvalue weighted by molar-refractivity contribution is 5.88. The average molecular weight is 256 g/mol. The minimum atomic E-state index is -2.96. The number of carboxylic acids is 1. The van der Waals surface area contributed by atoms with Gasteiger partial charge < -0.3 is 9.84 Å². The van der Waals surface area contributed by atoms with Crippen LogP contribution in [0.15, 0.2) is 24.3 Å². The number of alkyl halides is 2. The maximum atomic E-state index is 12.3. The fraction of sp³-hybridized carbons (Fsp3) is 0.462. The molecule has 0 amide bonds. The molecular weight excluding hydrogens is 242 g/mol. The van der Waals surface area contributed by atoms with Crippen LogP contribution >= 0.6 is 0 Å². The first kappa shape index (κ1) is 12.8. The summed E-state index contributed by atoms with van der Waals surface area (Å²) in [5.74, 6) is -1.06. The van der Waals surface area contributed by atoms with Crippen molar-refractivity contribution in [1.29, 1.82) is 0 Å². The summed E-state index contributed by atoms with van der Waals surface area (Å²) in [6.45, 7) is 0.652. The lowest BCUT2D eigenvalue weighted by atomic mass is 9.87. The molecule has 0 heterocycles. The Hall–Kier alpha value is -1.65. The summed E-state index contributed by atoms with van der Waals surface area (Å²) in [5.41, 5.74) is -1.26. The SMILES string of the molecule is CC1(C)CC1(C(=O)O)c1ccccc1OC(F)F. The lowest BCUT2D eigenvalue weighted by Crippen LogP contribution is -2.26. The molecule has 0 spiro atoms. The number of hydrogen-bond acceptors (Lipinski definition) is 2. The van der Waals surface area contributed by atoms with E-state index >= 15 is 0 Å². The van der Waals surface area contributed by atoms with Crippen LogP contribution in [0.1, 0.15) is 25.8 Å². The third-order valence-corrected chi connectivity index (χ3v) is 3.67. The fourth-order valence-corrected chi connectivity index (χ4v) is 2.58. The van der Waals surface area contributed by atoms with E-state index < -0.39 is 23.4 Å². The lowest BCUT2D eigenvalue weighted by molar-refractivity contribution is -0.141. The molecule has 0 saturated heterocycles. The summed E-state index contributed by atoms with van der Waals surface area (Å²) >= 11 is 0. The number of halogens is 2. The van der Waals surface area contributed by atoms with E-state index in [2.05, 4.69) is 4.74 Å². The first-order valence-electron chi connectivity index (χ1n) is 5.59. The van der Waals surface area contributed by atoms with Crippen LogP contribution in [0, 0.1) is 5.41 Å². The molecule has 2 rings (SSSR count). The third kappa shape index (κ3) is 1.74. The third-order valence-electron chi connectivity index (χ3n) is 3.67. The number of ether oxygens (including phenoxy) is 1. The van der Waals surface area contributed by atoms with E-state index in [4.69, 9.17) is 0 Å². The van der Waals surface area contributed by atoms with Crippen molar-refractivity contribution in [2.75, 3.05) is 0 Å². The van der Waals surface area contributed by atoms with Gasteiger partial charge in [-0.15, -0.1) is 0 Å². The first-order chi connectivity index (χ1) is 8.31. The Kier molecular flexibility index (Phi) is 2.80. The number of rotatable bonds is 4. The number of hydrogen-bond donors (Lipinski definition) is 1. The zero-order chi connectivity index (χ0) is 13.6. The Labute approximate surface area is 103 Å². The van der Waals surface area contributed by atoms with E-state index in [-0.39, 0.29) is 5.75 Å². The van der Waals surface area contributed by atoms with Crippen LogP contribution in [0.5, 0.6) is 5.75 Å². The van der Waals surface area contributed by atoms with E-state index in [1.807, 2.05) is 0 Å². The van der Waals surface area contributed by atoms with Gasteiger partial charge in [0.2, 0.25) is 0 Å². The second-order valence-electron chi connectivity index (χ2n) is 5.15. The molecule has 1 aliphatic carbocycles. The van der Waals surface area contributed by atoms with Crippen molar-refractivity contribution in [2.24, 2.45) is 5.41 Å².